The molecular formula is C13H22N4O2S. The van der Waals surface area contributed by atoms with E-state index < -0.39 is 10.0 Å². The van der Waals surface area contributed by atoms with E-state index in [4.69, 9.17) is 10.9 Å². The van der Waals surface area contributed by atoms with Gasteiger partial charge in [0.1, 0.15) is 4.90 Å². The molecule has 0 unspecified atom stereocenters. The van der Waals surface area contributed by atoms with Crippen LogP contribution in [0.5, 0.6) is 0 Å². The zero-order valence-corrected chi connectivity index (χ0v) is 12.3. The van der Waals surface area contributed by atoms with Crippen molar-refractivity contribution in [3.05, 3.63) is 24.3 Å². The second-order valence-electron chi connectivity index (χ2n) is 4.98. The fraction of sp³-hybridized carbons (Fsp3) is 0.538. The lowest BCUT2D eigenvalue weighted by molar-refractivity contribution is 0.256. The van der Waals surface area contributed by atoms with Gasteiger partial charge in [-0.1, -0.05) is 12.1 Å². The Morgan fingerprint density at radius 3 is 2.35 bits per heavy atom. The normalized spacial score (nSPS) is 17.4. The maximum absolute atomic E-state index is 11.6. The van der Waals surface area contributed by atoms with E-state index in [-0.39, 0.29) is 4.90 Å². The van der Waals surface area contributed by atoms with Gasteiger partial charge in [-0.15, -0.1) is 0 Å². The summed E-state index contributed by atoms with van der Waals surface area (Å²) < 4.78 is 23.3. The van der Waals surface area contributed by atoms with Crippen LogP contribution in [0.4, 0.5) is 5.69 Å². The number of anilines is 1. The number of nitrogens with two attached hydrogens (primary N) is 2. The largest absolute Gasteiger partial charge is 0.368 e. The van der Waals surface area contributed by atoms with Crippen LogP contribution in [-0.4, -0.2) is 52.6 Å². The Hall–Kier alpha value is -1.15. The molecule has 0 atom stereocenters. The molecule has 0 saturated carbocycles. The number of para-hydroxylation sites is 1. The standard InChI is InChI=1S/C13H22N4O2S/c14-6-3-7-16-8-10-17(11-9-16)12-4-1-2-5-13(12)20(15,18)19/h1-2,4-5H,3,6-11,14H2,(H2,15,18,19). The Morgan fingerprint density at radius 1 is 1.10 bits per heavy atom. The summed E-state index contributed by atoms with van der Waals surface area (Å²) in [4.78, 5) is 4.64. The first kappa shape index (κ1) is 15.2. The molecule has 1 aliphatic rings. The van der Waals surface area contributed by atoms with Gasteiger partial charge in [-0.3, -0.25) is 4.90 Å². The second-order valence-corrected chi connectivity index (χ2v) is 6.51. The first-order valence-corrected chi connectivity index (χ1v) is 8.36. The van der Waals surface area contributed by atoms with Crippen molar-refractivity contribution in [3.63, 3.8) is 0 Å². The Labute approximate surface area is 120 Å². The van der Waals surface area contributed by atoms with Crippen LogP contribution in [0.25, 0.3) is 0 Å². The summed E-state index contributed by atoms with van der Waals surface area (Å²) in [5.41, 5.74) is 6.22. The zero-order valence-electron chi connectivity index (χ0n) is 11.5. The summed E-state index contributed by atoms with van der Waals surface area (Å²) in [5, 5.41) is 5.28. The van der Waals surface area contributed by atoms with Crippen LogP contribution in [0.2, 0.25) is 0 Å². The number of primary sulfonamides is 1. The third-order valence-electron chi connectivity index (χ3n) is 3.56. The second kappa shape index (κ2) is 6.53. The van der Waals surface area contributed by atoms with Crippen molar-refractivity contribution >= 4 is 15.7 Å². The number of rotatable bonds is 5. The first-order chi connectivity index (χ1) is 9.52. The van der Waals surface area contributed by atoms with Crippen LogP contribution >= 0.6 is 0 Å². The van der Waals surface area contributed by atoms with Crippen molar-refractivity contribution in [2.45, 2.75) is 11.3 Å². The van der Waals surface area contributed by atoms with Gasteiger partial charge in [0.25, 0.3) is 0 Å². The van der Waals surface area contributed by atoms with Gasteiger partial charge < -0.3 is 10.6 Å². The molecule has 7 heteroatoms. The average Bonchev–Trinajstić information content (AvgIpc) is 2.45. The molecular weight excluding hydrogens is 276 g/mol. The molecule has 1 heterocycles. The van der Waals surface area contributed by atoms with Crippen LogP contribution in [-0.2, 0) is 10.0 Å². The molecule has 0 spiro atoms. The maximum Gasteiger partial charge on any atom is 0.240 e. The van der Waals surface area contributed by atoms with E-state index in [1.54, 1.807) is 12.1 Å². The smallest absolute Gasteiger partial charge is 0.240 e. The van der Waals surface area contributed by atoms with Gasteiger partial charge in [0.15, 0.2) is 0 Å². The third-order valence-corrected chi connectivity index (χ3v) is 4.52. The van der Waals surface area contributed by atoms with E-state index in [1.165, 1.54) is 0 Å². The molecule has 1 aromatic carbocycles. The summed E-state index contributed by atoms with van der Waals surface area (Å²) in [6, 6.07) is 6.91. The van der Waals surface area contributed by atoms with Crippen LogP contribution < -0.4 is 15.8 Å². The lowest BCUT2D eigenvalue weighted by Gasteiger charge is -2.36. The van der Waals surface area contributed by atoms with Gasteiger partial charge in [0.05, 0.1) is 5.69 Å². The molecule has 1 aliphatic heterocycles. The van der Waals surface area contributed by atoms with Crippen LogP contribution in [0.1, 0.15) is 6.42 Å². The van der Waals surface area contributed by atoms with Crippen LogP contribution in [0, 0.1) is 0 Å². The number of benzene rings is 1. The zero-order chi connectivity index (χ0) is 14.6. The fourth-order valence-corrected chi connectivity index (χ4v) is 3.24. The molecule has 20 heavy (non-hydrogen) atoms. The van der Waals surface area contributed by atoms with Crippen molar-refractivity contribution in [2.75, 3.05) is 44.2 Å². The average molecular weight is 298 g/mol. The van der Waals surface area contributed by atoms with Gasteiger partial charge in [0, 0.05) is 26.2 Å². The molecule has 0 aliphatic carbocycles. The van der Waals surface area contributed by atoms with Crippen LogP contribution in [0.3, 0.4) is 0 Å². The van der Waals surface area contributed by atoms with Crippen molar-refractivity contribution in [1.82, 2.24) is 4.90 Å². The molecule has 2 rings (SSSR count). The maximum atomic E-state index is 11.6. The molecule has 4 N–H and O–H groups in total. The van der Waals surface area contributed by atoms with Crippen molar-refractivity contribution in [3.8, 4) is 0 Å². The highest BCUT2D eigenvalue weighted by Crippen LogP contribution is 2.24. The minimum Gasteiger partial charge on any atom is -0.368 e. The Balaban J connectivity index is 2.08. The quantitative estimate of drug-likeness (QED) is 0.785. The van der Waals surface area contributed by atoms with Gasteiger partial charge in [-0.25, -0.2) is 13.6 Å². The minimum atomic E-state index is -3.68. The molecule has 6 nitrogen and oxygen atoms in total. The van der Waals surface area contributed by atoms with E-state index in [2.05, 4.69) is 9.80 Å². The number of piperazine rings is 1. The monoisotopic (exact) mass is 298 g/mol. The Morgan fingerprint density at radius 2 is 1.75 bits per heavy atom. The predicted octanol–water partition coefficient (Wildman–Crippen LogP) is -0.195. The minimum absolute atomic E-state index is 0.204. The molecule has 1 fully saturated rings. The molecule has 0 amide bonds. The van der Waals surface area contributed by atoms with E-state index in [9.17, 15) is 8.42 Å². The first-order valence-electron chi connectivity index (χ1n) is 6.81. The van der Waals surface area contributed by atoms with E-state index in [0.717, 1.165) is 39.1 Å². The molecule has 0 bridgehead atoms. The van der Waals surface area contributed by atoms with Gasteiger partial charge in [-0.05, 0) is 31.6 Å². The lowest BCUT2D eigenvalue weighted by Crippen LogP contribution is -2.47. The fourth-order valence-electron chi connectivity index (χ4n) is 2.49. The van der Waals surface area contributed by atoms with E-state index in [1.807, 2.05) is 12.1 Å². The number of hydrogen-bond donors (Lipinski definition) is 2. The van der Waals surface area contributed by atoms with E-state index >= 15 is 0 Å². The topological polar surface area (TPSA) is 92.7 Å². The van der Waals surface area contributed by atoms with Gasteiger partial charge in [-0.2, -0.15) is 0 Å². The molecule has 1 aromatic rings. The number of nitrogens with zero attached hydrogens (tertiary/aromatic N) is 2. The number of hydrogen-bond acceptors (Lipinski definition) is 5. The molecule has 0 aromatic heterocycles. The SMILES string of the molecule is NCCCN1CCN(c2ccccc2S(N)(=O)=O)CC1. The summed E-state index contributed by atoms with van der Waals surface area (Å²) in [6.45, 7) is 5.14. The highest BCUT2D eigenvalue weighted by Gasteiger charge is 2.22. The number of sulfonamides is 1. The summed E-state index contributed by atoms with van der Waals surface area (Å²) in [7, 11) is -3.68. The summed E-state index contributed by atoms with van der Waals surface area (Å²) >= 11 is 0. The Kier molecular flexibility index (Phi) is 4.98. The highest BCUT2D eigenvalue weighted by atomic mass is 32.2. The van der Waals surface area contributed by atoms with Gasteiger partial charge in [0.2, 0.25) is 10.0 Å². The molecule has 0 radical (unpaired) electrons. The summed E-state index contributed by atoms with van der Waals surface area (Å²) in [6.07, 6.45) is 0.994. The third kappa shape index (κ3) is 3.69. The van der Waals surface area contributed by atoms with Crippen molar-refractivity contribution < 1.29 is 8.42 Å². The summed E-state index contributed by atoms with van der Waals surface area (Å²) in [5.74, 6) is 0. The Bertz CT molecular complexity index is 539. The van der Waals surface area contributed by atoms with Crippen LogP contribution in [0.15, 0.2) is 29.2 Å². The van der Waals surface area contributed by atoms with Crippen molar-refractivity contribution in [1.29, 1.82) is 0 Å². The molecule has 112 valence electrons. The molecule has 1 saturated heterocycles. The van der Waals surface area contributed by atoms with E-state index in [0.29, 0.717) is 12.2 Å². The van der Waals surface area contributed by atoms with Crippen molar-refractivity contribution in [2.24, 2.45) is 10.9 Å². The van der Waals surface area contributed by atoms with Gasteiger partial charge >= 0.3 is 0 Å². The predicted molar refractivity (Wildman–Crippen MR) is 80.1 cm³/mol. The highest BCUT2D eigenvalue weighted by molar-refractivity contribution is 7.89. The lowest BCUT2D eigenvalue weighted by atomic mass is 10.2.